The maximum Gasteiger partial charge on any atom is 0.282 e. The Balaban J connectivity index is 1.99. The highest BCUT2D eigenvalue weighted by Gasteiger charge is 2.31. The van der Waals surface area contributed by atoms with Crippen LogP contribution in [0.15, 0.2) is 65.8 Å². The number of hydrogen-bond acceptors (Lipinski definition) is 6. The first-order valence-electron chi connectivity index (χ1n) is 11.5. The molecule has 0 aliphatic heterocycles. The monoisotopic (exact) mass is 496 g/mol. The van der Waals surface area contributed by atoms with Gasteiger partial charge in [0, 0.05) is 18.4 Å². The minimum absolute atomic E-state index is 0.135. The summed E-state index contributed by atoms with van der Waals surface area (Å²) in [6.45, 7) is 8.02. The van der Waals surface area contributed by atoms with Gasteiger partial charge in [-0.3, -0.25) is 14.1 Å². The van der Waals surface area contributed by atoms with Gasteiger partial charge in [-0.25, -0.2) is 4.98 Å². The number of ether oxygens (including phenoxy) is 1. The lowest BCUT2D eigenvalue weighted by atomic mass is 10.1. The molecule has 0 aliphatic carbocycles. The number of nitrogens with zero attached hydrogens (tertiary/aromatic N) is 4. The van der Waals surface area contributed by atoms with Gasteiger partial charge in [0.25, 0.3) is 10.0 Å². The van der Waals surface area contributed by atoms with Gasteiger partial charge in [0.05, 0.1) is 25.0 Å². The second-order valence-corrected chi connectivity index (χ2v) is 10.3. The van der Waals surface area contributed by atoms with Crippen LogP contribution in [0.4, 0.5) is 5.69 Å². The van der Waals surface area contributed by atoms with E-state index in [0.717, 1.165) is 21.3 Å². The van der Waals surface area contributed by atoms with Crippen molar-refractivity contribution in [1.29, 1.82) is 0 Å². The normalized spacial score (nSPS) is 11.4. The van der Waals surface area contributed by atoms with E-state index in [4.69, 9.17) is 4.74 Å². The van der Waals surface area contributed by atoms with Crippen molar-refractivity contribution < 1.29 is 17.9 Å². The standard InChI is InChI=1S/C26H32N4O4S/c1-6-29(17-22-11-9-10-20(4)28-22)26(31)18-30(23-12-7-8-13-24(23)34-5)35(32,33)25-15-14-21(16-27-25)19(2)3/h7-16,19H,6,17-18H2,1-5H3. The Bertz CT molecular complexity index is 1260. The highest BCUT2D eigenvalue weighted by molar-refractivity contribution is 7.92. The third-order valence-corrected chi connectivity index (χ3v) is 7.32. The van der Waals surface area contributed by atoms with Crippen LogP contribution in [0.5, 0.6) is 5.75 Å². The summed E-state index contributed by atoms with van der Waals surface area (Å²) in [5.41, 5.74) is 2.77. The topological polar surface area (TPSA) is 92.7 Å². The summed E-state index contributed by atoms with van der Waals surface area (Å²) in [7, 11) is -2.71. The van der Waals surface area contributed by atoms with Crippen LogP contribution in [-0.4, -0.2) is 49.4 Å². The van der Waals surface area contributed by atoms with Gasteiger partial charge in [-0.2, -0.15) is 8.42 Å². The lowest BCUT2D eigenvalue weighted by Gasteiger charge is -2.28. The van der Waals surface area contributed by atoms with Gasteiger partial charge in [-0.1, -0.05) is 38.1 Å². The average molecular weight is 497 g/mol. The summed E-state index contributed by atoms with van der Waals surface area (Å²) >= 11 is 0. The Labute approximate surface area is 207 Å². The van der Waals surface area contributed by atoms with Crippen LogP contribution in [0, 0.1) is 6.92 Å². The number of aryl methyl sites for hydroxylation is 1. The van der Waals surface area contributed by atoms with Gasteiger partial charge in [-0.05, 0) is 55.7 Å². The molecule has 35 heavy (non-hydrogen) atoms. The number of carbonyl (C=O) groups is 1. The molecule has 0 spiro atoms. The first kappa shape index (κ1) is 26.2. The van der Waals surface area contributed by atoms with E-state index in [-0.39, 0.29) is 29.1 Å². The SMILES string of the molecule is CCN(Cc1cccc(C)n1)C(=O)CN(c1ccccc1OC)S(=O)(=O)c1ccc(C(C)C)cn1. The lowest BCUT2D eigenvalue weighted by molar-refractivity contribution is -0.130. The first-order chi connectivity index (χ1) is 16.7. The van der Waals surface area contributed by atoms with E-state index in [1.54, 1.807) is 41.4 Å². The molecule has 186 valence electrons. The zero-order valence-corrected chi connectivity index (χ0v) is 21.6. The molecule has 9 heteroatoms. The van der Waals surface area contributed by atoms with Crippen molar-refractivity contribution in [2.24, 2.45) is 0 Å². The molecule has 0 fully saturated rings. The highest BCUT2D eigenvalue weighted by Crippen LogP contribution is 2.32. The fourth-order valence-corrected chi connectivity index (χ4v) is 4.96. The number of methoxy groups -OCH3 is 1. The molecule has 8 nitrogen and oxygen atoms in total. The number of rotatable bonds is 10. The zero-order chi connectivity index (χ0) is 25.6. The van der Waals surface area contributed by atoms with Crippen LogP contribution in [0.3, 0.4) is 0 Å². The van der Waals surface area contributed by atoms with Crippen LogP contribution in [-0.2, 0) is 21.4 Å². The zero-order valence-electron chi connectivity index (χ0n) is 20.8. The molecule has 0 aliphatic rings. The van der Waals surface area contributed by atoms with Gasteiger partial charge in [0.15, 0.2) is 5.03 Å². The Morgan fingerprint density at radius 1 is 1.06 bits per heavy atom. The van der Waals surface area contributed by atoms with E-state index in [0.29, 0.717) is 12.3 Å². The maximum absolute atomic E-state index is 13.8. The third kappa shape index (κ3) is 6.16. The third-order valence-electron chi connectivity index (χ3n) is 5.65. The second kappa shape index (κ2) is 11.3. The van der Waals surface area contributed by atoms with Gasteiger partial charge in [-0.15, -0.1) is 0 Å². The molecule has 0 atom stereocenters. The molecular weight excluding hydrogens is 464 g/mol. The number of carbonyl (C=O) groups excluding carboxylic acids is 1. The van der Waals surface area contributed by atoms with E-state index < -0.39 is 16.6 Å². The summed E-state index contributed by atoms with van der Waals surface area (Å²) in [5.74, 6) is 0.190. The molecule has 0 saturated heterocycles. The van der Waals surface area contributed by atoms with Crippen molar-refractivity contribution in [1.82, 2.24) is 14.9 Å². The molecule has 1 amide bonds. The minimum atomic E-state index is -4.17. The molecule has 3 rings (SSSR count). The Hall–Kier alpha value is -3.46. The van der Waals surface area contributed by atoms with E-state index in [1.807, 2.05) is 45.9 Å². The number of hydrogen-bond donors (Lipinski definition) is 0. The molecule has 0 bridgehead atoms. The summed E-state index contributed by atoms with van der Waals surface area (Å²) in [6, 6.07) is 15.6. The molecule has 0 unspecified atom stereocenters. The molecule has 0 saturated carbocycles. The number of para-hydroxylation sites is 2. The lowest BCUT2D eigenvalue weighted by Crippen LogP contribution is -2.43. The van der Waals surface area contributed by atoms with E-state index >= 15 is 0 Å². The van der Waals surface area contributed by atoms with Crippen LogP contribution < -0.4 is 9.04 Å². The largest absolute Gasteiger partial charge is 0.495 e. The molecule has 2 heterocycles. The summed E-state index contributed by atoms with van der Waals surface area (Å²) in [6.07, 6.45) is 1.56. The van der Waals surface area contributed by atoms with Crippen LogP contribution >= 0.6 is 0 Å². The van der Waals surface area contributed by atoms with Gasteiger partial charge >= 0.3 is 0 Å². The van der Waals surface area contributed by atoms with Crippen molar-refractivity contribution in [3.8, 4) is 5.75 Å². The van der Waals surface area contributed by atoms with Crippen molar-refractivity contribution in [3.05, 3.63) is 77.7 Å². The van der Waals surface area contributed by atoms with Gasteiger partial charge < -0.3 is 9.64 Å². The van der Waals surface area contributed by atoms with Crippen molar-refractivity contribution in [2.75, 3.05) is 24.5 Å². The summed E-state index contributed by atoms with van der Waals surface area (Å²) in [4.78, 5) is 23.7. The molecular formula is C26H32N4O4S. The first-order valence-corrected chi connectivity index (χ1v) is 12.9. The number of pyridine rings is 2. The smallest absolute Gasteiger partial charge is 0.282 e. The van der Waals surface area contributed by atoms with Crippen molar-refractivity contribution in [3.63, 3.8) is 0 Å². The number of anilines is 1. The molecule has 0 radical (unpaired) electrons. The van der Waals surface area contributed by atoms with Crippen LogP contribution in [0.25, 0.3) is 0 Å². The Kier molecular flexibility index (Phi) is 8.45. The van der Waals surface area contributed by atoms with Crippen LogP contribution in [0.2, 0.25) is 0 Å². The van der Waals surface area contributed by atoms with Gasteiger partial charge in [0.2, 0.25) is 5.91 Å². The molecule has 2 aromatic heterocycles. The van der Waals surface area contributed by atoms with E-state index in [2.05, 4.69) is 9.97 Å². The molecule has 1 aromatic carbocycles. The minimum Gasteiger partial charge on any atom is -0.495 e. The van der Waals surface area contributed by atoms with E-state index in [1.165, 1.54) is 13.2 Å². The number of amides is 1. The fourth-order valence-electron chi connectivity index (χ4n) is 3.62. The molecule has 0 N–H and O–H groups in total. The van der Waals surface area contributed by atoms with E-state index in [9.17, 15) is 13.2 Å². The van der Waals surface area contributed by atoms with Crippen molar-refractivity contribution in [2.45, 2.75) is 45.2 Å². The Morgan fingerprint density at radius 3 is 2.40 bits per heavy atom. The number of sulfonamides is 1. The molecule has 3 aromatic rings. The average Bonchev–Trinajstić information content (AvgIpc) is 2.85. The highest BCUT2D eigenvalue weighted by atomic mass is 32.2. The second-order valence-electron chi connectivity index (χ2n) is 8.45. The number of benzene rings is 1. The van der Waals surface area contributed by atoms with Crippen molar-refractivity contribution >= 4 is 21.6 Å². The predicted molar refractivity (Wildman–Crippen MR) is 136 cm³/mol. The number of aromatic nitrogens is 2. The van der Waals surface area contributed by atoms with Crippen LogP contribution in [0.1, 0.15) is 43.6 Å². The number of likely N-dealkylation sites (N-methyl/N-ethyl adjacent to an activating group) is 1. The fraction of sp³-hybridized carbons (Fsp3) is 0.346. The van der Waals surface area contributed by atoms with Gasteiger partial charge in [0.1, 0.15) is 12.3 Å². The summed E-state index contributed by atoms with van der Waals surface area (Å²) in [5, 5.41) is -0.135. The quantitative estimate of drug-likeness (QED) is 0.418. The Morgan fingerprint density at radius 2 is 1.80 bits per heavy atom. The summed E-state index contributed by atoms with van der Waals surface area (Å²) < 4.78 is 34.0. The maximum atomic E-state index is 13.8. The predicted octanol–water partition coefficient (Wildman–Crippen LogP) is 4.16.